The van der Waals surface area contributed by atoms with E-state index in [2.05, 4.69) is 22.2 Å². The SMILES string of the molecule is Cc1ccnc(C(C)O)c1-c1ccc2cc(NC(=O)C3CC3C)ncc2c1. The summed E-state index contributed by atoms with van der Waals surface area (Å²) < 4.78 is 0. The highest BCUT2D eigenvalue weighted by Crippen LogP contribution is 2.38. The highest BCUT2D eigenvalue weighted by Gasteiger charge is 2.39. The van der Waals surface area contributed by atoms with Gasteiger partial charge in [-0.15, -0.1) is 0 Å². The topological polar surface area (TPSA) is 75.1 Å². The van der Waals surface area contributed by atoms with Crippen LogP contribution in [0.3, 0.4) is 0 Å². The lowest BCUT2D eigenvalue weighted by atomic mass is 9.95. The molecule has 0 saturated heterocycles. The number of amides is 1. The van der Waals surface area contributed by atoms with Gasteiger partial charge in [0.05, 0.1) is 11.8 Å². The molecule has 5 heteroatoms. The van der Waals surface area contributed by atoms with Crippen LogP contribution < -0.4 is 5.32 Å². The van der Waals surface area contributed by atoms with Gasteiger partial charge >= 0.3 is 0 Å². The van der Waals surface area contributed by atoms with E-state index in [4.69, 9.17) is 0 Å². The number of nitrogens with one attached hydrogen (secondary N) is 1. The van der Waals surface area contributed by atoms with Crippen LogP contribution in [-0.4, -0.2) is 21.0 Å². The van der Waals surface area contributed by atoms with E-state index < -0.39 is 6.10 Å². The first-order chi connectivity index (χ1) is 12.9. The van der Waals surface area contributed by atoms with Gasteiger partial charge in [-0.25, -0.2) is 4.98 Å². The molecule has 1 saturated carbocycles. The number of anilines is 1. The lowest BCUT2D eigenvalue weighted by molar-refractivity contribution is -0.117. The van der Waals surface area contributed by atoms with Crippen molar-refractivity contribution in [2.45, 2.75) is 33.3 Å². The highest BCUT2D eigenvalue weighted by atomic mass is 16.3. The number of aromatic nitrogens is 2. The fourth-order valence-corrected chi connectivity index (χ4v) is 3.54. The summed E-state index contributed by atoms with van der Waals surface area (Å²) in [5.74, 6) is 1.23. The summed E-state index contributed by atoms with van der Waals surface area (Å²) in [7, 11) is 0. The van der Waals surface area contributed by atoms with Crippen molar-refractivity contribution in [3.63, 3.8) is 0 Å². The molecule has 1 aliphatic rings. The molecule has 2 heterocycles. The Bertz CT molecular complexity index is 1030. The summed E-state index contributed by atoms with van der Waals surface area (Å²) in [4.78, 5) is 20.9. The monoisotopic (exact) mass is 361 g/mol. The summed E-state index contributed by atoms with van der Waals surface area (Å²) in [6.07, 6.45) is 3.81. The Balaban J connectivity index is 1.68. The van der Waals surface area contributed by atoms with Crippen LogP contribution in [0.2, 0.25) is 0 Å². The largest absolute Gasteiger partial charge is 0.387 e. The van der Waals surface area contributed by atoms with Crippen LogP contribution in [0.5, 0.6) is 0 Å². The molecule has 1 fully saturated rings. The van der Waals surface area contributed by atoms with Gasteiger partial charge in [0.25, 0.3) is 0 Å². The molecule has 3 unspecified atom stereocenters. The highest BCUT2D eigenvalue weighted by molar-refractivity contribution is 5.96. The molecule has 1 aliphatic carbocycles. The zero-order valence-electron chi connectivity index (χ0n) is 15.7. The summed E-state index contributed by atoms with van der Waals surface area (Å²) in [6, 6.07) is 9.93. The van der Waals surface area contributed by atoms with Gasteiger partial charge in [-0.05, 0) is 60.9 Å². The molecule has 5 nitrogen and oxygen atoms in total. The van der Waals surface area contributed by atoms with Crippen LogP contribution in [0.1, 0.15) is 37.6 Å². The van der Waals surface area contributed by atoms with Gasteiger partial charge in [0.1, 0.15) is 5.82 Å². The van der Waals surface area contributed by atoms with E-state index in [1.807, 2.05) is 37.3 Å². The molecule has 2 N–H and O–H groups in total. The summed E-state index contributed by atoms with van der Waals surface area (Å²) >= 11 is 0. The summed E-state index contributed by atoms with van der Waals surface area (Å²) in [6.45, 7) is 5.83. The third-order valence-corrected chi connectivity index (χ3v) is 5.29. The number of rotatable bonds is 4. The molecule has 138 valence electrons. The zero-order chi connectivity index (χ0) is 19.1. The van der Waals surface area contributed by atoms with Gasteiger partial charge in [0.2, 0.25) is 5.91 Å². The third-order valence-electron chi connectivity index (χ3n) is 5.29. The van der Waals surface area contributed by atoms with E-state index in [1.165, 1.54) is 0 Å². The van der Waals surface area contributed by atoms with Gasteiger partial charge < -0.3 is 10.4 Å². The fraction of sp³-hybridized carbons (Fsp3) is 0.318. The van der Waals surface area contributed by atoms with Crippen molar-refractivity contribution in [3.8, 4) is 11.1 Å². The van der Waals surface area contributed by atoms with E-state index in [9.17, 15) is 9.90 Å². The standard InChI is InChI=1S/C22H23N3O2/c1-12-6-7-23-21(14(3)26)20(12)16-5-4-15-10-19(24-11-17(15)9-16)25-22(27)18-8-13(18)2/h4-7,9-11,13-14,18,26H,8H2,1-3H3,(H,24,25,27). The second-order valence-corrected chi connectivity index (χ2v) is 7.50. The van der Waals surface area contributed by atoms with Crippen molar-refractivity contribution in [2.75, 3.05) is 5.32 Å². The molecule has 3 aromatic rings. The van der Waals surface area contributed by atoms with Gasteiger partial charge in [-0.2, -0.15) is 0 Å². The molecule has 3 atom stereocenters. The molecule has 0 bridgehead atoms. The van der Waals surface area contributed by atoms with Crippen LogP contribution in [0.25, 0.3) is 21.9 Å². The Labute approximate surface area is 158 Å². The van der Waals surface area contributed by atoms with Crippen molar-refractivity contribution in [1.82, 2.24) is 9.97 Å². The lowest BCUT2D eigenvalue weighted by Crippen LogP contribution is -2.15. The van der Waals surface area contributed by atoms with Gasteiger partial charge in [-0.3, -0.25) is 9.78 Å². The molecule has 1 amide bonds. The lowest BCUT2D eigenvalue weighted by Gasteiger charge is -2.14. The van der Waals surface area contributed by atoms with Crippen LogP contribution in [0.4, 0.5) is 5.82 Å². The molecule has 0 spiro atoms. The number of carbonyl (C=O) groups is 1. The first-order valence-electron chi connectivity index (χ1n) is 9.28. The first-order valence-corrected chi connectivity index (χ1v) is 9.28. The number of hydrogen-bond acceptors (Lipinski definition) is 4. The summed E-state index contributed by atoms with van der Waals surface area (Å²) in [5.41, 5.74) is 3.68. The minimum Gasteiger partial charge on any atom is -0.387 e. The molecule has 2 aromatic heterocycles. The Morgan fingerprint density at radius 2 is 2.00 bits per heavy atom. The number of aliphatic hydroxyl groups is 1. The second-order valence-electron chi connectivity index (χ2n) is 7.50. The van der Waals surface area contributed by atoms with Crippen molar-refractivity contribution in [3.05, 3.63) is 54.0 Å². The second kappa shape index (κ2) is 6.74. The number of carbonyl (C=O) groups excluding carboxylic acids is 1. The molecular weight excluding hydrogens is 338 g/mol. The number of fused-ring (bicyclic) bond motifs is 1. The quantitative estimate of drug-likeness (QED) is 0.728. The number of pyridine rings is 2. The maximum atomic E-state index is 12.1. The molecule has 4 rings (SSSR count). The fourth-order valence-electron chi connectivity index (χ4n) is 3.54. The van der Waals surface area contributed by atoms with Crippen LogP contribution in [-0.2, 0) is 4.79 Å². The Morgan fingerprint density at radius 1 is 1.22 bits per heavy atom. The smallest absolute Gasteiger partial charge is 0.228 e. The molecular formula is C22H23N3O2. The first kappa shape index (κ1) is 17.6. The van der Waals surface area contributed by atoms with Crippen molar-refractivity contribution in [2.24, 2.45) is 11.8 Å². The molecule has 0 aliphatic heterocycles. The number of aliphatic hydroxyl groups excluding tert-OH is 1. The molecule has 1 aromatic carbocycles. The van der Waals surface area contributed by atoms with E-state index in [1.54, 1.807) is 19.3 Å². The number of aryl methyl sites for hydroxylation is 1. The zero-order valence-corrected chi connectivity index (χ0v) is 15.7. The van der Waals surface area contributed by atoms with Crippen LogP contribution in [0, 0.1) is 18.8 Å². The number of benzene rings is 1. The van der Waals surface area contributed by atoms with Crippen molar-refractivity contribution < 1.29 is 9.90 Å². The van der Waals surface area contributed by atoms with E-state index in [0.717, 1.165) is 33.9 Å². The van der Waals surface area contributed by atoms with Gasteiger partial charge in [0, 0.05) is 29.3 Å². The average molecular weight is 361 g/mol. The average Bonchev–Trinajstić information content (AvgIpc) is 3.38. The van der Waals surface area contributed by atoms with E-state index >= 15 is 0 Å². The van der Waals surface area contributed by atoms with Gasteiger partial charge in [-0.1, -0.05) is 19.1 Å². The third kappa shape index (κ3) is 3.43. The summed E-state index contributed by atoms with van der Waals surface area (Å²) in [5, 5.41) is 15.0. The number of hydrogen-bond donors (Lipinski definition) is 2. The maximum absolute atomic E-state index is 12.1. The molecule has 27 heavy (non-hydrogen) atoms. The maximum Gasteiger partial charge on any atom is 0.228 e. The van der Waals surface area contributed by atoms with E-state index in [-0.39, 0.29) is 11.8 Å². The normalized spacial score (nSPS) is 19.7. The molecule has 0 radical (unpaired) electrons. The van der Waals surface area contributed by atoms with E-state index in [0.29, 0.717) is 17.4 Å². The Hall–Kier alpha value is -2.79. The van der Waals surface area contributed by atoms with Crippen molar-refractivity contribution in [1.29, 1.82) is 0 Å². The minimum absolute atomic E-state index is 0.0542. The Morgan fingerprint density at radius 3 is 2.70 bits per heavy atom. The number of nitrogens with zero attached hydrogens (tertiary/aromatic N) is 2. The van der Waals surface area contributed by atoms with Gasteiger partial charge in [0.15, 0.2) is 0 Å². The Kier molecular flexibility index (Phi) is 4.40. The predicted molar refractivity (Wildman–Crippen MR) is 106 cm³/mol. The van der Waals surface area contributed by atoms with Crippen molar-refractivity contribution >= 4 is 22.5 Å². The minimum atomic E-state index is -0.642. The predicted octanol–water partition coefficient (Wildman–Crippen LogP) is 4.25. The van der Waals surface area contributed by atoms with Crippen LogP contribution >= 0.6 is 0 Å². The van der Waals surface area contributed by atoms with Crippen LogP contribution in [0.15, 0.2) is 42.7 Å².